The Morgan fingerprint density at radius 2 is 1.72 bits per heavy atom. The Morgan fingerprint density at radius 1 is 1.17 bits per heavy atom. The molecule has 0 heterocycles. The Kier molecular flexibility index (Phi) is 4.75. The van der Waals surface area contributed by atoms with Crippen LogP contribution in [0.15, 0.2) is 4.99 Å². The van der Waals surface area contributed by atoms with Gasteiger partial charge in [-0.1, -0.05) is 0 Å². The predicted octanol–water partition coefficient (Wildman–Crippen LogP) is 2.19. The van der Waals surface area contributed by atoms with Crippen LogP contribution in [0.1, 0.15) is 25.7 Å². The molecule has 1 rings (SSSR count). The van der Waals surface area contributed by atoms with Gasteiger partial charge in [-0.05, 0) is 12.8 Å². The smallest absolute Gasteiger partial charge is 0.433 e. The lowest BCUT2D eigenvalue weighted by Gasteiger charge is -2.27. The van der Waals surface area contributed by atoms with Crippen molar-refractivity contribution in [1.29, 1.82) is 0 Å². The van der Waals surface area contributed by atoms with Crippen LogP contribution < -0.4 is 0 Å². The number of esters is 1. The van der Waals surface area contributed by atoms with Crippen molar-refractivity contribution in [2.75, 3.05) is 14.2 Å². The molecule has 0 aromatic rings. The zero-order valence-corrected chi connectivity index (χ0v) is 10.2. The van der Waals surface area contributed by atoms with Gasteiger partial charge in [-0.2, -0.15) is 4.99 Å². The fourth-order valence-electron chi connectivity index (χ4n) is 1.87. The van der Waals surface area contributed by atoms with Crippen molar-refractivity contribution in [3.63, 3.8) is 0 Å². The number of hydrogen-bond acceptors (Lipinski definition) is 4. The van der Waals surface area contributed by atoms with Crippen LogP contribution in [-0.2, 0) is 14.3 Å². The minimum atomic E-state index is -2.71. The van der Waals surface area contributed by atoms with Gasteiger partial charge in [0.15, 0.2) is 0 Å². The summed E-state index contributed by atoms with van der Waals surface area (Å²) in [7, 11) is 2.27. The first-order chi connectivity index (χ1) is 8.39. The zero-order chi connectivity index (χ0) is 13.8. The quantitative estimate of drug-likeness (QED) is 0.566. The van der Waals surface area contributed by atoms with Crippen LogP contribution in [0.2, 0.25) is 0 Å². The number of alkyl halides is 2. The van der Waals surface area contributed by atoms with Crippen LogP contribution in [0.4, 0.5) is 13.6 Å². The van der Waals surface area contributed by atoms with Gasteiger partial charge in [-0.15, -0.1) is 0 Å². The van der Waals surface area contributed by atoms with E-state index in [1.54, 1.807) is 0 Å². The number of ether oxygens (including phenoxy) is 2. The summed E-state index contributed by atoms with van der Waals surface area (Å²) in [5.74, 6) is -3.98. The van der Waals surface area contributed by atoms with Gasteiger partial charge in [0.25, 0.3) is 0 Å². The van der Waals surface area contributed by atoms with Crippen molar-refractivity contribution in [3.8, 4) is 0 Å². The molecule has 102 valence electrons. The molecule has 1 aliphatic carbocycles. The molecule has 1 amide bonds. The minimum Gasteiger partial charge on any atom is -0.465 e. The Morgan fingerprint density at radius 3 is 2.17 bits per heavy atom. The van der Waals surface area contributed by atoms with Crippen molar-refractivity contribution in [2.24, 2.45) is 10.9 Å². The van der Waals surface area contributed by atoms with Crippen molar-refractivity contribution in [1.82, 2.24) is 0 Å². The summed E-state index contributed by atoms with van der Waals surface area (Å²) in [6.07, 6.45) is -1.40. The highest BCUT2D eigenvalue weighted by molar-refractivity contribution is 6.38. The molecule has 1 saturated carbocycles. The molecule has 0 spiro atoms. The van der Waals surface area contributed by atoms with E-state index >= 15 is 0 Å². The standard InChI is InChI=1S/C11H15F2NO4/c1-17-9(15)8(14-10(16)18-2)7-3-5-11(12,13)6-4-7/h7H,3-6H2,1-2H3. The molecule has 0 radical (unpaired) electrons. The van der Waals surface area contributed by atoms with E-state index in [2.05, 4.69) is 14.5 Å². The molecule has 0 aromatic heterocycles. The number of amides is 1. The predicted molar refractivity (Wildman–Crippen MR) is 58.8 cm³/mol. The van der Waals surface area contributed by atoms with Gasteiger partial charge in [-0.3, -0.25) is 0 Å². The van der Waals surface area contributed by atoms with Crippen LogP contribution >= 0.6 is 0 Å². The van der Waals surface area contributed by atoms with Crippen molar-refractivity contribution < 1.29 is 27.8 Å². The third-order valence-corrected chi connectivity index (χ3v) is 2.88. The van der Waals surface area contributed by atoms with E-state index in [1.165, 1.54) is 0 Å². The lowest BCUT2D eigenvalue weighted by Crippen LogP contribution is -2.33. The average molecular weight is 263 g/mol. The monoisotopic (exact) mass is 263 g/mol. The second kappa shape index (κ2) is 5.88. The first-order valence-corrected chi connectivity index (χ1v) is 5.52. The Labute approximate surface area is 103 Å². The molecule has 0 aromatic carbocycles. The first-order valence-electron chi connectivity index (χ1n) is 5.52. The number of nitrogens with zero attached hydrogens (tertiary/aromatic N) is 1. The van der Waals surface area contributed by atoms with Crippen molar-refractivity contribution >= 4 is 17.8 Å². The number of rotatable bonds is 2. The normalized spacial score (nSPS) is 20.3. The van der Waals surface area contributed by atoms with Gasteiger partial charge in [0.05, 0.1) is 14.2 Å². The molecule has 18 heavy (non-hydrogen) atoms. The molecule has 1 aliphatic rings. The molecule has 0 bridgehead atoms. The van der Waals surface area contributed by atoms with Crippen LogP contribution in [0.5, 0.6) is 0 Å². The highest BCUT2D eigenvalue weighted by Gasteiger charge is 2.38. The Bertz CT molecular complexity index is 358. The van der Waals surface area contributed by atoms with E-state index in [0.717, 1.165) is 14.2 Å². The second-order valence-corrected chi connectivity index (χ2v) is 4.09. The number of halogens is 2. The summed E-state index contributed by atoms with van der Waals surface area (Å²) in [5.41, 5.74) is -0.139. The molecule has 0 atom stereocenters. The zero-order valence-electron chi connectivity index (χ0n) is 10.2. The van der Waals surface area contributed by atoms with Crippen LogP contribution in [0.3, 0.4) is 0 Å². The molecular formula is C11H15F2NO4. The highest BCUT2D eigenvalue weighted by atomic mass is 19.3. The average Bonchev–Trinajstić information content (AvgIpc) is 2.35. The van der Waals surface area contributed by atoms with Gasteiger partial charge in [0.1, 0.15) is 5.71 Å². The number of carbonyl (C=O) groups excluding carboxylic acids is 2. The van der Waals surface area contributed by atoms with E-state index < -0.39 is 23.9 Å². The summed E-state index contributed by atoms with van der Waals surface area (Å²) in [6.45, 7) is 0. The summed E-state index contributed by atoms with van der Waals surface area (Å²) in [5, 5.41) is 0. The molecule has 7 heteroatoms. The van der Waals surface area contributed by atoms with E-state index in [-0.39, 0.29) is 31.4 Å². The maximum absolute atomic E-state index is 13.0. The third-order valence-electron chi connectivity index (χ3n) is 2.88. The summed E-state index contributed by atoms with van der Waals surface area (Å²) in [6, 6.07) is 0. The summed E-state index contributed by atoms with van der Waals surface area (Å²) in [4.78, 5) is 26.0. The summed E-state index contributed by atoms with van der Waals surface area (Å²) >= 11 is 0. The van der Waals surface area contributed by atoms with Crippen LogP contribution in [-0.4, -0.2) is 37.9 Å². The van der Waals surface area contributed by atoms with E-state index in [4.69, 9.17) is 0 Å². The topological polar surface area (TPSA) is 65.0 Å². The van der Waals surface area contributed by atoms with Crippen molar-refractivity contribution in [2.45, 2.75) is 31.6 Å². The minimum absolute atomic E-state index is 0.0952. The van der Waals surface area contributed by atoms with E-state index in [1.807, 2.05) is 0 Å². The largest absolute Gasteiger partial charge is 0.465 e. The maximum Gasteiger partial charge on any atom is 0.433 e. The molecule has 0 saturated heterocycles. The number of methoxy groups -OCH3 is 2. The molecular weight excluding hydrogens is 248 g/mol. The van der Waals surface area contributed by atoms with E-state index in [9.17, 15) is 18.4 Å². The first kappa shape index (κ1) is 14.5. The summed E-state index contributed by atoms with van der Waals surface area (Å²) < 4.78 is 34.8. The van der Waals surface area contributed by atoms with E-state index in [0.29, 0.717) is 0 Å². The van der Waals surface area contributed by atoms with Gasteiger partial charge in [0.2, 0.25) is 5.92 Å². The highest BCUT2D eigenvalue weighted by Crippen LogP contribution is 2.36. The lowest BCUT2D eigenvalue weighted by atomic mass is 9.83. The van der Waals surface area contributed by atoms with Gasteiger partial charge >= 0.3 is 12.1 Å². The number of aliphatic imine (C=N–C) groups is 1. The van der Waals surface area contributed by atoms with Gasteiger partial charge in [0, 0.05) is 18.8 Å². The van der Waals surface area contributed by atoms with Crippen LogP contribution in [0, 0.1) is 5.92 Å². The Balaban J connectivity index is 2.82. The molecule has 0 aliphatic heterocycles. The number of hydrogen-bond donors (Lipinski definition) is 0. The van der Waals surface area contributed by atoms with Gasteiger partial charge < -0.3 is 9.47 Å². The molecule has 0 N–H and O–H groups in total. The molecule has 1 fully saturated rings. The van der Waals surface area contributed by atoms with Gasteiger partial charge in [-0.25, -0.2) is 18.4 Å². The third kappa shape index (κ3) is 3.75. The molecule has 0 unspecified atom stereocenters. The number of carbonyl (C=O) groups is 2. The van der Waals surface area contributed by atoms with Crippen LogP contribution in [0.25, 0.3) is 0 Å². The maximum atomic E-state index is 13.0. The van der Waals surface area contributed by atoms with Crippen molar-refractivity contribution in [3.05, 3.63) is 0 Å². The fourth-order valence-corrected chi connectivity index (χ4v) is 1.87. The SMILES string of the molecule is COC(=O)N=C(C(=O)OC)C1CCC(F)(F)CC1. The fraction of sp³-hybridized carbons (Fsp3) is 0.727. The Hall–Kier alpha value is -1.53. The second-order valence-electron chi connectivity index (χ2n) is 4.09. The lowest BCUT2D eigenvalue weighted by molar-refractivity contribution is -0.133. The molecule has 5 nitrogen and oxygen atoms in total.